The van der Waals surface area contributed by atoms with Gasteiger partial charge in [0.2, 0.25) is 5.71 Å². The van der Waals surface area contributed by atoms with Crippen LogP contribution in [0.1, 0.15) is 59.3 Å². The van der Waals surface area contributed by atoms with Crippen LogP contribution in [-0.4, -0.2) is 40.5 Å². The average Bonchev–Trinajstić information content (AvgIpc) is 3.11. The minimum Gasteiger partial charge on any atom is -0.462 e. The number of aromatic amines is 1. The van der Waals surface area contributed by atoms with Crippen LogP contribution in [0.3, 0.4) is 0 Å². The zero-order valence-corrected chi connectivity index (χ0v) is 19.1. The number of carbonyl (C=O) groups excluding carboxylic acids is 1. The third-order valence-corrected chi connectivity index (χ3v) is 6.31. The second-order valence-electron chi connectivity index (χ2n) is 8.69. The number of aromatic nitrogens is 2. The van der Waals surface area contributed by atoms with Gasteiger partial charge in [-0.2, -0.15) is 4.98 Å². The van der Waals surface area contributed by atoms with Gasteiger partial charge >= 0.3 is 5.97 Å². The number of benzene rings is 1. The molecule has 1 aromatic carbocycles. The van der Waals surface area contributed by atoms with E-state index >= 15 is 0 Å². The Bertz CT molecular complexity index is 1140. The summed E-state index contributed by atoms with van der Waals surface area (Å²) in [5.74, 6) is 1.08. The molecule has 0 spiro atoms. The quantitative estimate of drug-likeness (QED) is 0.559. The molecule has 0 bridgehead atoms. The van der Waals surface area contributed by atoms with Gasteiger partial charge in [0.15, 0.2) is 0 Å². The summed E-state index contributed by atoms with van der Waals surface area (Å²) >= 11 is 0. The van der Waals surface area contributed by atoms with Crippen molar-refractivity contribution in [2.45, 2.75) is 53.0 Å². The third-order valence-electron chi connectivity index (χ3n) is 6.31. The lowest BCUT2D eigenvalue weighted by atomic mass is 9.90. The van der Waals surface area contributed by atoms with Crippen molar-refractivity contribution < 1.29 is 13.9 Å². The van der Waals surface area contributed by atoms with Gasteiger partial charge in [-0.25, -0.2) is 4.79 Å². The summed E-state index contributed by atoms with van der Waals surface area (Å²) in [6.07, 6.45) is 4.62. The number of carbonyl (C=O) groups is 1. The molecule has 0 saturated carbocycles. The summed E-state index contributed by atoms with van der Waals surface area (Å²) in [7, 11) is 0. The summed E-state index contributed by atoms with van der Waals surface area (Å²) in [6.45, 7) is 8.23. The fourth-order valence-electron chi connectivity index (χ4n) is 4.46. The zero-order chi connectivity index (χ0) is 22.7. The topological polar surface area (TPSA) is 88.4 Å². The molecule has 0 unspecified atom stereocenters. The van der Waals surface area contributed by atoms with E-state index in [2.05, 4.69) is 46.1 Å². The van der Waals surface area contributed by atoms with Crippen LogP contribution in [0.25, 0.3) is 11.1 Å². The van der Waals surface area contributed by atoms with E-state index in [9.17, 15) is 9.59 Å². The maximum atomic E-state index is 12.7. The van der Waals surface area contributed by atoms with Gasteiger partial charge in [0.1, 0.15) is 22.5 Å². The summed E-state index contributed by atoms with van der Waals surface area (Å²) < 4.78 is 10.7. The van der Waals surface area contributed by atoms with E-state index in [1.165, 1.54) is 17.5 Å². The number of hydrogen-bond acceptors (Lipinski definition) is 6. The highest BCUT2D eigenvalue weighted by atomic mass is 16.5. The second-order valence-corrected chi connectivity index (χ2v) is 8.69. The zero-order valence-electron chi connectivity index (χ0n) is 19.1. The Balaban J connectivity index is 1.36. The molecule has 2 aromatic heterocycles. The number of H-pyrrole nitrogens is 1. The Kier molecular flexibility index (Phi) is 6.74. The van der Waals surface area contributed by atoms with E-state index in [-0.39, 0.29) is 28.8 Å². The van der Waals surface area contributed by atoms with Gasteiger partial charge in [0, 0.05) is 0 Å². The number of esters is 1. The van der Waals surface area contributed by atoms with Crippen LogP contribution in [-0.2, 0) is 17.7 Å². The fourth-order valence-corrected chi connectivity index (χ4v) is 4.46. The molecule has 7 heteroatoms. The number of hydrogen-bond donors (Lipinski definition) is 1. The van der Waals surface area contributed by atoms with Crippen LogP contribution in [0.5, 0.6) is 0 Å². The average molecular weight is 438 g/mol. The van der Waals surface area contributed by atoms with E-state index in [0.717, 1.165) is 38.3 Å². The summed E-state index contributed by atoms with van der Waals surface area (Å²) in [5, 5.41) is 0.166. The largest absolute Gasteiger partial charge is 0.462 e. The third kappa shape index (κ3) is 4.93. The number of aryl methyl sites for hydroxylation is 3. The number of nitrogens with zero attached hydrogens (tertiary/aromatic N) is 2. The molecular weight excluding hydrogens is 406 g/mol. The molecule has 1 N–H and O–H groups in total. The van der Waals surface area contributed by atoms with Crippen LogP contribution in [0.2, 0.25) is 0 Å². The number of rotatable bonds is 7. The molecule has 7 nitrogen and oxygen atoms in total. The van der Waals surface area contributed by atoms with Gasteiger partial charge in [-0.15, -0.1) is 0 Å². The predicted molar refractivity (Wildman–Crippen MR) is 123 cm³/mol. The summed E-state index contributed by atoms with van der Waals surface area (Å²) in [4.78, 5) is 34.5. The lowest BCUT2D eigenvalue weighted by molar-refractivity contribution is 0.0526. The molecule has 0 amide bonds. The fraction of sp³-hybridized carbons (Fsp3) is 0.480. The van der Waals surface area contributed by atoms with E-state index in [1.807, 2.05) is 0 Å². The van der Waals surface area contributed by atoms with E-state index < -0.39 is 5.97 Å². The number of piperidine rings is 1. The Morgan fingerprint density at radius 1 is 1.22 bits per heavy atom. The molecule has 32 heavy (non-hydrogen) atoms. The van der Waals surface area contributed by atoms with E-state index in [4.69, 9.17) is 9.15 Å². The van der Waals surface area contributed by atoms with Crippen molar-refractivity contribution >= 4 is 17.1 Å². The van der Waals surface area contributed by atoms with Gasteiger partial charge in [0.05, 0.1) is 13.2 Å². The van der Waals surface area contributed by atoms with Crippen LogP contribution >= 0.6 is 0 Å². The lowest BCUT2D eigenvalue weighted by Crippen LogP contribution is -2.34. The molecule has 1 saturated heterocycles. The molecule has 0 atom stereocenters. The molecule has 3 aromatic rings. The molecule has 170 valence electrons. The Morgan fingerprint density at radius 2 is 1.94 bits per heavy atom. The number of ether oxygens (including phenoxy) is 1. The van der Waals surface area contributed by atoms with Gasteiger partial charge in [-0.05, 0) is 71.0 Å². The standard InChI is InChI=1S/C25H31N3O4/c1-4-31-25(30)21-17(3)32-24-22(21)23(29)26-20(27-24)15-28-13-11-19(12-14-28)10-9-18-7-5-16(2)6-8-18/h5-8,19H,4,9-15H2,1-3H3,(H,26,27,29). The second kappa shape index (κ2) is 9.69. The molecule has 0 aliphatic carbocycles. The Hall–Kier alpha value is -2.93. The smallest absolute Gasteiger partial charge is 0.342 e. The van der Waals surface area contributed by atoms with E-state index in [1.54, 1.807) is 13.8 Å². The van der Waals surface area contributed by atoms with E-state index in [0.29, 0.717) is 18.1 Å². The molecular formula is C25H31N3O4. The van der Waals surface area contributed by atoms with Crippen molar-refractivity contribution in [2.24, 2.45) is 5.92 Å². The molecule has 0 radical (unpaired) electrons. The molecule has 1 fully saturated rings. The highest BCUT2D eigenvalue weighted by Gasteiger charge is 2.25. The van der Waals surface area contributed by atoms with Crippen LogP contribution < -0.4 is 5.56 Å². The Morgan fingerprint density at radius 3 is 2.62 bits per heavy atom. The highest BCUT2D eigenvalue weighted by Crippen LogP contribution is 2.25. The molecule has 1 aliphatic rings. The van der Waals surface area contributed by atoms with Gasteiger partial charge in [0.25, 0.3) is 5.56 Å². The van der Waals surface area contributed by atoms with Gasteiger partial charge < -0.3 is 14.1 Å². The van der Waals surface area contributed by atoms with Gasteiger partial charge in [-0.3, -0.25) is 9.69 Å². The maximum absolute atomic E-state index is 12.7. The monoisotopic (exact) mass is 437 g/mol. The number of likely N-dealkylation sites (tertiary alicyclic amines) is 1. The van der Waals surface area contributed by atoms with Crippen LogP contribution in [0.15, 0.2) is 33.5 Å². The van der Waals surface area contributed by atoms with Crippen molar-refractivity contribution in [1.82, 2.24) is 14.9 Å². The maximum Gasteiger partial charge on any atom is 0.342 e. The first-order valence-electron chi connectivity index (χ1n) is 11.4. The normalized spacial score (nSPS) is 15.3. The first-order chi connectivity index (χ1) is 15.4. The minimum atomic E-state index is -0.559. The van der Waals surface area contributed by atoms with Crippen molar-refractivity contribution in [3.63, 3.8) is 0 Å². The first-order valence-corrected chi connectivity index (χ1v) is 11.4. The number of fused-ring (bicyclic) bond motifs is 1. The predicted octanol–water partition coefficient (Wildman–Crippen LogP) is 4.15. The molecule has 1 aliphatic heterocycles. The Labute approximate surface area is 187 Å². The van der Waals surface area contributed by atoms with Crippen molar-refractivity contribution in [3.05, 3.63) is 62.9 Å². The number of nitrogens with one attached hydrogen (secondary N) is 1. The van der Waals surface area contributed by atoms with Crippen LogP contribution in [0, 0.1) is 19.8 Å². The summed E-state index contributed by atoms with van der Waals surface area (Å²) in [5.41, 5.74) is 2.70. The highest BCUT2D eigenvalue weighted by molar-refractivity contribution is 6.03. The van der Waals surface area contributed by atoms with Gasteiger partial charge in [-0.1, -0.05) is 29.8 Å². The lowest BCUT2D eigenvalue weighted by Gasteiger charge is -2.31. The number of furan rings is 1. The SMILES string of the molecule is CCOC(=O)c1c(C)oc2nc(CN3CCC(CCc4ccc(C)cc4)CC3)[nH]c(=O)c12. The van der Waals surface area contributed by atoms with Crippen molar-refractivity contribution in [2.75, 3.05) is 19.7 Å². The molecule has 3 heterocycles. The first kappa shape index (κ1) is 22.3. The van der Waals surface area contributed by atoms with Crippen molar-refractivity contribution in [1.29, 1.82) is 0 Å². The minimum absolute atomic E-state index is 0.163. The molecule has 4 rings (SSSR count). The van der Waals surface area contributed by atoms with Crippen LogP contribution in [0.4, 0.5) is 0 Å². The summed E-state index contributed by atoms with van der Waals surface area (Å²) in [6, 6.07) is 8.82. The van der Waals surface area contributed by atoms with Crippen molar-refractivity contribution in [3.8, 4) is 0 Å².